The second kappa shape index (κ2) is 9.25. The molecule has 0 aliphatic heterocycles. The number of fused-ring (bicyclic) bond motifs is 1. The zero-order valence-corrected chi connectivity index (χ0v) is 19.3. The topological polar surface area (TPSA) is 128 Å². The molecule has 1 amide bonds. The number of carbonyl (C=O) groups excluding carboxylic acids is 1. The van der Waals surface area contributed by atoms with Gasteiger partial charge in [0.1, 0.15) is 11.6 Å². The number of sulfone groups is 1. The lowest BCUT2D eigenvalue weighted by Gasteiger charge is -2.13. The van der Waals surface area contributed by atoms with Gasteiger partial charge in [0.25, 0.3) is 5.91 Å². The minimum atomic E-state index is -3.37. The summed E-state index contributed by atoms with van der Waals surface area (Å²) in [5, 5.41) is 12.3. The van der Waals surface area contributed by atoms with Crippen molar-refractivity contribution in [1.82, 2.24) is 4.98 Å². The molecule has 0 aliphatic rings. The number of hydrogen-bond donors (Lipinski definition) is 1. The minimum absolute atomic E-state index is 0.159. The number of nitriles is 1. The number of amides is 1. The number of carbonyl (C=O) groups is 1. The molecule has 166 valence electrons. The molecule has 0 radical (unpaired) electrons. The largest absolute Gasteiger partial charge is 0.493 e. The molecule has 0 saturated heterocycles. The lowest BCUT2D eigenvalue weighted by Crippen LogP contribution is -2.13. The molecule has 0 unspecified atom stereocenters. The maximum atomic E-state index is 12.7. The van der Waals surface area contributed by atoms with Gasteiger partial charge in [0.2, 0.25) is 5.75 Å². The van der Waals surface area contributed by atoms with E-state index in [4.69, 9.17) is 14.2 Å². The van der Waals surface area contributed by atoms with E-state index >= 15 is 0 Å². The summed E-state index contributed by atoms with van der Waals surface area (Å²) in [6.45, 7) is 0. The van der Waals surface area contributed by atoms with Crippen molar-refractivity contribution in [2.75, 3.05) is 32.9 Å². The van der Waals surface area contributed by atoms with Gasteiger partial charge in [-0.2, -0.15) is 5.26 Å². The van der Waals surface area contributed by atoms with Crippen LogP contribution in [-0.4, -0.2) is 46.9 Å². The van der Waals surface area contributed by atoms with Crippen molar-refractivity contribution >= 4 is 48.5 Å². The standard InChI is InChI=1S/C21H19N3O6S2/c1-28-16-8-12(9-17(29-2)19(16)30-3)7-13(11-22)20(25)24-21-23-15-6-5-14(32(4,26)27)10-18(15)31-21/h5-10H,1-4H3,(H,23,24,25)/b13-7+. The van der Waals surface area contributed by atoms with Crippen molar-refractivity contribution in [2.24, 2.45) is 0 Å². The first-order chi connectivity index (χ1) is 15.2. The van der Waals surface area contributed by atoms with Gasteiger partial charge in [0.05, 0.1) is 36.4 Å². The number of rotatable bonds is 7. The molecule has 9 nitrogen and oxygen atoms in total. The molecule has 1 heterocycles. The molecule has 11 heteroatoms. The van der Waals surface area contributed by atoms with Crippen molar-refractivity contribution < 1.29 is 27.4 Å². The van der Waals surface area contributed by atoms with Crippen LogP contribution in [0.4, 0.5) is 5.13 Å². The number of anilines is 1. The van der Waals surface area contributed by atoms with Gasteiger partial charge >= 0.3 is 0 Å². The number of aromatic nitrogens is 1. The molecular weight excluding hydrogens is 454 g/mol. The van der Waals surface area contributed by atoms with Crippen LogP contribution in [0.2, 0.25) is 0 Å². The third-order valence-electron chi connectivity index (χ3n) is 4.37. The average Bonchev–Trinajstić information content (AvgIpc) is 3.17. The zero-order valence-electron chi connectivity index (χ0n) is 17.6. The van der Waals surface area contributed by atoms with Gasteiger partial charge in [0, 0.05) is 6.26 Å². The molecule has 0 spiro atoms. The van der Waals surface area contributed by atoms with Crippen molar-refractivity contribution in [3.8, 4) is 23.3 Å². The number of benzene rings is 2. The normalized spacial score (nSPS) is 11.7. The number of methoxy groups -OCH3 is 3. The highest BCUT2D eigenvalue weighted by Crippen LogP contribution is 2.38. The molecule has 3 rings (SSSR count). The summed E-state index contributed by atoms with van der Waals surface area (Å²) >= 11 is 1.11. The van der Waals surface area contributed by atoms with Gasteiger partial charge in [-0.3, -0.25) is 10.1 Å². The molecule has 32 heavy (non-hydrogen) atoms. The average molecular weight is 474 g/mol. The fourth-order valence-electron chi connectivity index (χ4n) is 2.85. The lowest BCUT2D eigenvalue weighted by molar-refractivity contribution is -0.112. The first-order valence-electron chi connectivity index (χ1n) is 9.04. The van der Waals surface area contributed by atoms with E-state index in [0.717, 1.165) is 17.6 Å². The van der Waals surface area contributed by atoms with Gasteiger partial charge in [-0.25, -0.2) is 13.4 Å². The molecule has 1 aromatic heterocycles. The summed E-state index contributed by atoms with van der Waals surface area (Å²) in [6.07, 6.45) is 2.50. The quantitative estimate of drug-likeness (QED) is 0.409. The van der Waals surface area contributed by atoms with Crippen LogP contribution in [0.3, 0.4) is 0 Å². The second-order valence-corrected chi connectivity index (χ2v) is 9.55. The van der Waals surface area contributed by atoms with E-state index in [1.54, 1.807) is 18.2 Å². The van der Waals surface area contributed by atoms with Crippen LogP contribution in [0.25, 0.3) is 16.3 Å². The van der Waals surface area contributed by atoms with Crippen LogP contribution >= 0.6 is 11.3 Å². The molecule has 2 aromatic carbocycles. The third kappa shape index (κ3) is 4.82. The predicted molar refractivity (Wildman–Crippen MR) is 121 cm³/mol. The third-order valence-corrected chi connectivity index (χ3v) is 6.42. The van der Waals surface area contributed by atoms with Gasteiger partial charge in [0.15, 0.2) is 26.5 Å². The number of thiazole rings is 1. The molecule has 3 aromatic rings. The Morgan fingerprint density at radius 1 is 1.12 bits per heavy atom. The van der Waals surface area contributed by atoms with Gasteiger partial charge in [-0.15, -0.1) is 0 Å². The summed E-state index contributed by atoms with van der Waals surface area (Å²) in [6, 6.07) is 9.60. The van der Waals surface area contributed by atoms with Crippen molar-refractivity contribution in [2.45, 2.75) is 4.90 Å². The highest BCUT2D eigenvalue weighted by atomic mass is 32.2. The van der Waals surface area contributed by atoms with Crippen LogP contribution < -0.4 is 19.5 Å². The Kier molecular flexibility index (Phi) is 6.67. The maximum absolute atomic E-state index is 12.7. The second-order valence-electron chi connectivity index (χ2n) is 6.50. The molecule has 0 bridgehead atoms. The summed E-state index contributed by atoms with van der Waals surface area (Å²) in [5.74, 6) is 0.481. The van der Waals surface area contributed by atoms with Gasteiger partial charge in [-0.1, -0.05) is 11.3 Å². The molecule has 0 fully saturated rings. The Labute approximate surface area is 188 Å². The molecule has 0 atom stereocenters. The van der Waals surface area contributed by atoms with Crippen LogP contribution in [0, 0.1) is 11.3 Å². The van der Waals surface area contributed by atoms with E-state index in [-0.39, 0.29) is 15.6 Å². The smallest absolute Gasteiger partial charge is 0.268 e. The first-order valence-corrected chi connectivity index (χ1v) is 11.7. The maximum Gasteiger partial charge on any atom is 0.268 e. The Hall–Kier alpha value is -3.62. The van der Waals surface area contributed by atoms with Crippen molar-refractivity contribution in [3.05, 3.63) is 41.5 Å². The summed E-state index contributed by atoms with van der Waals surface area (Å²) in [7, 11) is 1.03. The highest BCUT2D eigenvalue weighted by molar-refractivity contribution is 7.90. The predicted octanol–water partition coefficient (Wildman–Crippen LogP) is 3.27. The molecule has 0 saturated carbocycles. The van der Waals surface area contributed by atoms with E-state index in [0.29, 0.717) is 33.0 Å². The van der Waals surface area contributed by atoms with Crippen molar-refractivity contribution in [3.63, 3.8) is 0 Å². The summed E-state index contributed by atoms with van der Waals surface area (Å²) in [5.41, 5.74) is 0.855. The van der Waals surface area contributed by atoms with Crippen LogP contribution in [0.15, 0.2) is 40.8 Å². The Morgan fingerprint density at radius 2 is 1.78 bits per heavy atom. The van der Waals surface area contributed by atoms with Crippen LogP contribution in [0.5, 0.6) is 17.2 Å². The van der Waals surface area contributed by atoms with E-state index in [2.05, 4.69) is 10.3 Å². The highest BCUT2D eigenvalue weighted by Gasteiger charge is 2.17. The van der Waals surface area contributed by atoms with Crippen molar-refractivity contribution in [1.29, 1.82) is 5.26 Å². The minimum Gasteiger partial charge on any atom is -0.493 e. The SMILES string of the molecule is COc1cc(/C=C(\C#N)C(=O)Nc2nc3ccc(S(C)(=O)=O)cc3s2)cc(OC)c1OC. The van der Waals surface area contributed by atoms with Gasteiger partial charge in [-0.05, 0) is 42.0 Å². The lowest BCUT2D eigenvalue weighted by atomic mass is 10.1. The zero-order chi connectivity index (χ0) is 23.5. The Balaban J connectivity index is 1.91. The van der Waals surface area contributed by atoms with E-state index in [1.165, 1.54) is 39.5 Å². The Morgan fingerprint density at radius 3 is 2.31 bits per heavy atom. The molecule has 1 N–H and O–H groups in total. The summed E-state index contributed by atoms with van der Waals surface area (Å²) in [4.78, 5) is 17.1. The van der Waals surface area contributed by atoms with E-state index in [1.807, 2.05) is 6.07 Å². The monoisotopic (exact) mass is 473 g/mol. The first kappa shape index (κ1) is 23.1. The van der Waals surface area contributed by atoms with Crippen LogP contribution in [0.1, 0.15) is 5.56 Å². The van der Waals surface area contributed by atoms with E-state index < -0.39 is 15.7 Å². The number of nitrogens with zero attached hydrogens (tertiary/aromatic N) is 2. The summed E-state index contributed by atoms with van der Waals surface area (Å²) < 4.78 is 39.9. The Bertz CT molecular complexity index is 1340. The van der Waals surface area contributed by atoms with E-state index in [9.17, 15) is 18.5 Å². The number of ether oxygens (including phenoxy) is 3. The van der Waals surface area contributed by atoms with Crippen LogP contribution in [-0.2, 0) is 14.6 Å². The molecule has 0 aliphatic carbocycles. The van der Waals surface area contributed by atoms with Gasteiger partial charge < -0.3 is 14.2 Å². The molecular formula is C21H19N3O6S2. The fraction of sp³-hybridized carbons (Fsp3) is 0.190. The number of nitrogens with one attached hydrogen (secondary N) is 1. The fourth-order valence-corrected chi connectivity index (χ4v) is 4.48. The number of hydrogen-bond acceptors (Lipinski definition) is 9.